The molecule has 1 aliphatic rings. The molecule has 1 heterocycles. The Morgan fingerprint density at radius 3 is 2.59 bits per heavy atom. The maximum atomic E-state index is 9.23. The van der Waals surface area contributed by atoms with Crippen LogP contribution in [-0.2, 0) is 0 Å². The largest absolute Gasteiger partial charge is 0.394 e. The summed E-state index contributed by atoms with van der Waals surface area (Å²) in [5.41, 5.74) is 2.12. The number of nitrogens with one attached hydrogen (secondary N) is 2. The summed E-state index contributed by atoms with van der Waals surface area (Å²) in [6.07, 6.45) is 2.27. The lowest BCUT2D eigenvalue weighted by atomic mass is 10.1. The van der Waals surface area contributed by atoms with E-state index in [9.17, 15) is 5.11 Å². The topological polar surface area (TPSA) is 96.1 Å². The smallest absolute Gasteiger partial charge is 0.145 e. The Morgan fingerprint density at radius 2 is 2.06 bits per heavy atom. The molecule has 1 saturated carbocycles. The Labute approximate surface area is 101 Å². The van der Waals surface area contributed by atoms with Gasteiger partial charge in [0, 0.05) is 12.0 Å². The van der Waals surface area contributed by atoms with Crippen LogP contribution < -0.4 is 16.6 Å². The molecule has 1 aromatic rings. The Morgan fingerprint density at radius 1 is 1.41 bits per heavy atom. The molecule has 5 N–H and O–H groups in total. The SMILES string of the molecule is CC(C)(CO)Nc1cc(NN)nc(C2CC2)n1. The first-order valence-electron chi connectivity index (χ1n) is 5.79. The van der Waals surface area contributed by atoms with E-state index in [1.165, 1.54) is 0 Å². The van der Waals surface area contributed by atoms with Gasteiger partial charge in [0.05, 0.1) is 12.1 Å². The number of aromatic nitrogens is 2. The van der Waals surface area contributed by atoms with Crippen LogP contribution in [-0.4, -0.2) is 27.2 Å². The van der Waals surface area contributed by atoms with E-state index in [2.05, 4.69) is 20.7 Å². The maximum absolute atomic E-state index is 9.23. The van der Waals surface area contributed by atoms with Crippen molar-refractivity contribution in [2.45, 2.75) is 38.1 Å². The first kappa shape index (κ1) is 12.1. The van der Waals surface area contributed by atoms with Crippen molar-refractivity contribution in [3.05, 3.63) is 11.9 Å². The normalized spacial score (nSPS) is 15.8. The summed E-state index contributed by atoms with van der Waals surface area (Å²) in [7, 11) is 0. The summed E-state index contributed by atoms with van der Waals surface area (Å²) < 4.78 is 0. The van der Waals surface area contributed by atoms with Gasteiger partial charge in [-0.1, -0.05) is 0 Å². The van der Waals surface area contributed by atoms with Crippen molar-refractivity contribution in [1.82, 2.24) is 9.97 Å². The van der Waals surface area contributed by atoms with Crippen LogP contribution in [0.2, 0.25) is 0 Å². The van der Waals surface area contributed by atoms with Gasteiger partial charge in [-0.2, -0.15) is 0 Å². The number of nitrogen functional groups attached to an aromatic ring is 1. The summed E-state index contributed by atoms with van der Waals surface area (Å²) in [6, 6.07) is 1.74. The summed E-state index contributed by atoms with van der Waals surface area (Å²) in [6.45, 7) is 3.84. The van der Waals surface area contributed by atoms with E-state index in [1.807, 2.05) is 13.8 Å². The molecule has 1 aliphatic carbocycles. The Balaban J connectivity index is 2.23. The Bertz CT molecular complexity index is 403. The van der Waals surface area contributed by atoms with Gasteiger partial charge >= 0.3 is 0 Å². The second-order valence-corrected chi connectivity index (χ2v) is 5.08. The monoisotopic (exact) mass is 237 g/mol. The van der Waals surface area contributed by atoms with Crippen molar-refractivity contribution in [2.75, 3.05) is 17.3 Å². The van der Waals surface area contributed by atoms with E-state index in [1.54, 1.807) is 6.07 Å². The van der Waals surface area contributed by atoms with E-state index in [-0.39, 0.29) is 6.61 Å². The van der Waals surface area contributed by atoms with Crippen LogP contribution in [0.4, 0.5) is 11.6 Å². The molecule has 1 fully saturated rings. The van der Waals surface area contributed by atoms with Crippen LogP contribution in [0.15, 0.2) is 6.07 Å². The second kappa shape index (κ2) is 4.46. The fraction of sp³-hybridized carbons (Fsp3) is 0.636. The number of rotatable bonds is 5. The third-order valence-electron chi connectivity index (χ3n) is 2.70. The minimum absolute atomic E-state index is 0.0289. The van der Waals surface area contributed by atoms with Gasteiger partial charge in [-0.15, -0.1) is 0 Å². The Kier molecular flexibility index (Phi) is 3.17. The van der Waals surface area contributed by atoms with Crippen molar-refractivity contribution in [3.63, 3.8) is 0 Å². The van der Waals surface area contributed by atoms with Crippen molar-refractivity contribution in [3.8, 4) is 0 Å². The number of aliphatic hydroxyl groups excluding tert-OH is 1. The van der Waals surface area contributed by atoms with E-state index < -0.39 is 5.54 Å². The minimum Gasteiger partial charge on any atom is -0.394 e. The number of hydrogen-bond acceptors (Lipinski definition) is 6. The zero-order valence-electron chi connectivity index (χ0n) is 10.2. The molecule has 0 bridgehead atoms. The molecule has 2 rings (SSSR count). The molecule has 6 nitrogen and oxygen atoms in total. The van der Waals surface area contributed by atoms with Crippen LogP contribution in [0.3, 0.4) is 0 Å². The molecular weight excluding hydrogens is 218 g/mol. The molecule has 17 heavy (non-hydrogen) atoms. The molecule has 0 radical (unpaired) electrons. The van der Waals surface area contributed by atoms with Gasteiger partial charge in [0.15, 0.2) is 0 Å². The number of nitrogens with zero attached hydrogens (tertiary/aromatic N) is 2. The van der Waals surface area contributed by atoms with Gasteiger partial charge < -0.3 is 15.8 Å². The highest BCUT2D eigenvalue weighted by atomic mass is 16.3. The third-order valence-corrected chi connectivity index (χ3v) is 2.70. The lowest BCUT2D eigenvalue weighted by Gasteiger charge is -2.24. The van der Waals surface area contributed by atoms with Crippen molar-refractivity contribution >= 4 is 11.6 Å². The summed E-state index contributed by atoms with van der Waals surface area (Å²) in [5, 5.41) is 12.4. The quantitative estimate of drug-likeness (QED) is 0.447. The number of nitrogens with two attached hydrogens (primary N) is 1. The van der Waals surface area contributed by atoms with Gasteiger partial charge in [0.1, 0.15) is 17.5 Å². The zero-order chi connectivity index (χ0) is 12.5. The molecule has 0 aliphatic heterocycles. The highest BCUT2D eigenvalue weighted by Crippen LogP contribution is 2.38. The van der Waals surface area contributed by atoms with Crippen LogP contribution in [0, 0.1) is 0 Å². The van der Waals surface area contributed by atoms with Crippen LogP contribution in [0.1, 0.15) is 38.4 Å². The van der Waals surface area contributed by atoms with Gasteiger partial charge in [0.25, 0.3) is 0 Å². The van der Waals surface area contributed by atoms with Crippen LogP contribution >= 0.6 is 0 Å². The predicted octanol–water partition coefficient (Wildman–Crippen LogP) is 0.822. The van der Waals surface area contributed by atoms with Gasteiger partial charge in [-0.3, -0.25) is 0 Å². The zero-order valence-corrected chi connectivity index (χ0v) is 10.2. The first-order valence-corrected chi connectivity index (χ1v) is 5.79. The number of hydrogen-bond donors (Lipinski definition) is 4. The molecule has 94 valence electrons. The van der Waals surface area contributed by atoms with E-state index in [4.69, 9.17) is 5.84 Å². The van der Waals surface area contributed by atoms with E-state index >= 15 is 0 Å². The fourth-order valence-electron chi connectivity index (χ4n) is 1.51. The second-order valence-electron chi connectivity index (χ2n) is 5.08. The number of hydrazine groups is 1. The highest BCUT2D eigenvalue weighted by molar-refractivity contribution is 5.48. The molecule has 0 unspecified atom stereocenters. The number of aliphatic hydroxyl groups is 1. The molecule has 0 amide bonds. The molecule has 0 atom stereocenters. The predicted molar refractivity (Wildman–Crippen MR) is 66.6 cm³/mol. The maximum Gasteiger partial charge on any atom is 0.145 e. The van der Waals surface area contributed by atoms with Gasteiger partial charge in [-0.05, 0) is 26.7 Å². The van der Waals surface area contributed by atoms with Crippen LogP contribution in [0.25, 0.3) is 0 Å². The van der Waals surface area contributed by atoms with E-state index in [0.717, 1.165) is 18.7 Å². The molecule has 0 spiro atoms. The van der Waals surface area contributed by atoms with Gasteiger partial charge in [0.2, 0.25) is 0 Å². The van der Waals surface area contributed by atoms with Crippen molar-refractivity contribution in [1.29, 1.82) is 0 Å². The summed E-state index contributed by atoms with van der Waals surface area (Å²) >= 11 is 0. The lowest BCUT2D eigenvalue weighted by Crippen LogP contribution is -2.35. The lowest BCUT2D eigenvalue weighted by molar-refractivity contribution is 0.234. The standard InChI is InChI=1S/C11H19N5O/c1-11(2,6-17)15-8-5-9(16-12)14-10(13-8)7-3-4-7/h5,7,17H,3-4,6,12H2,1-2H3,(H2,13,14,15,16). The number of anilines is 2. The summed E-state index contributed by atoms with van der Waals surface area (Å²) in [5.74, 6) is 7.95. The van der Waals surface area contributed by atoms with Crippen molar-refractivity contribution < 1.29 is 5.11 Å². The van der Waals surface area contributed by atoms with Gasteiger partial charge in [-0.25, -0.2) is 15.8 Å². The van der Waals surface area contributed by atoms with E-state index in [0.29, 0.717) is 17.6 Å². The third kappa shape index (κ3) is 3.04. The van der Waals surface area contributed by atoms with Crippen LogP contribution in [0.5, 0.6) is 0 Å². The molecule has 1 aromatic heterocycles. The van der Waals surface area contributed by atoms with Crippen molar-refractivity contribution in [2.24, 2.45) is 5.84 Å². The average molecular weight is 237 g/mol. The fourth-order valence-corrected chi connectivity index (χ4v) is 1.51. The summed E-state index contributed by atoms with van der Waals surface area (Å²) in [4.78, 5) is 8.77. The Hall–Kier alpha value is -1.40. The molecular formula is C11H19N5O. The average Bonchev–Trinajstić information content (AvgIpc) is 3.12. The minimum atomic E-state index is -0.416. The molecule has 0 saturated heterocycles. The highest BCUT2D eigenvalue weighted by Gasteiger charge is 2.28. The molecule has 6 heteroatoms. The first-order chi connectivity index (χ1) is 8.04. The molecule has 0 aromatic carbocycles.